The van der Waals surface area contributed by atoms with Crippen molar-refractivity contribution >= 4 is 17.5 Å². The lowest BCUT2D eigenvalue weighted by Crippen LogP contribution is -2.32. The minimum Gasteiger partial charge on any atom is -0.488 e. The van der Waals surface area contributed by atoms with Gasteiger partial charge < -0.3 is 9.64 Å². The zero-order valence-electron chi connectivity index (χ0n) is 12.6. The van der Waals surface area contributed by atoms with E-state index in [4.69, 9.17) is 16.3 Å². The number of rotatable bonds is 3. The van der Waals surface area contributed by atoms with E-state index in [0.29, 0.717) is 23.8 Å². The lowest BCUT2D eigenvalue weighted by Gasteiger charge is -2.17. The Hall–Kier alpha value is -2.01. The van der Waals surface area contributed by atoms with Crippen molar-refractivity contribution in [3.05, 3.63) is 46.7 Å². The van der Waals surface area contributed by atoms with Crippen molar-refractivity contribution < 1.29 is 9.53 Å². The van der Waals surface area contributed by atoms with Crippen LogP contribution in [0.4, 0.5) is 0 Å². The first-order valence-electron chi connectivity index (χ1n) is 7.25. The molecule has 1 aromatic heterocycles. The number of nitrogens with zero attached hydrogens (tertiary/aromatic N) is 3. The van der Waals surface area contributed by atoms with Crippen molar-refractivity contribution in [2.75, 3.05) is 13.1 Å². The summed E-state index contributed by atoms with van der Waals surface area (Å²) in [5.41, 5.74) is 1.46. The van der Waals surface area contributed by atoms with Gasteiger partial charge in [-0.25, -0.2) is 0 Å². The van der Waals surface area contributed by atoms with Crippen molar-refractivity contribution in [1.29, 1.82) is 0 Å². The molecule has 0 spiro atoms. The molecule has 116 valence electrons. The zero-order valence-corrected chi connectivity index (χ0v) is 13.4. The largest absolute Gasteiger partial charge is 0.488 e. The molecule has 0 bridgehead atoms. The number of benzene rings is 1. The van der Waals surface area contributed by atoms with Gasteiger partial charge >= 0.3 is 0 Å². The summed E-state index contributed by atoms with van der Waals surface area (Å²) in [5.74, 6) is 0.739. The van der Waals surface area contributed by atoms with Crippen molar-refractivity contribution in [2.45, 2.75) is 19.4 Å². The van der Waals surface area contributed by atoms with Crippen LogP contribution in [0.5, 0.6) is 5.75 Å². The summed E-state index contributed by atoms with van der Waals surface area (Å²) < 4.78 is 7.53. The van der Waals surface area contributed by atoms with E-state index in [-0.39, 0.29) is 12.0 Å². The number of hydrogen-bond acceptors (Lipinski definition) is 3. The Labute approximate surface area is 134 Å². The number of aryl methyl sites for hydroxylation is 2. The first-order chi connectivity index (χ1) is 10.5. The van der Waals surface area contributed by atoms with E-state index >= 15 is 0 Å². The van der Waals surface area contributed by atoms with Gasteiger partial charge in [0.05, 0.1) is 12.2 Å². The molecular weight excluding hydrogens is 302 g/mol. The van der Waals surface area contributed by atoms with Gasteiger partial charge in [0.25, 0.3) is 5.91 Å². The fourth-order valence-corrected chi connectivity index (χ4v) is 2.89. The number of amides is 1. The Morgan fingerprint density at radius 2 is 2.23 bits per heavy atom. The van der Waals surface area contributed by atoms with Crippen molar-refractivity contribution in [1.82, 2.24) is 14.7 Å². The molecule has 0 aliphatic carbocycles. The smallest absolute Gasteiger partial charge is 0.272 e. The average Bonchev–Trinajstić information content (AvgIpc) is 3.05. The molecule has 1 atom stereocenters. The molecule has 1 amide bonds. The molecule has 1 aliphatic rings. The normalized spacial score (nSPS) is 17.8. The van der Waals surface area contributed by atoms with Crippen LogP contribution >= 0.6 is 11.6 Å². The minimum absolute atomic E-state index is 0.000272. The van der Waals surface area contributed by atoms with Gasteiger partial charge in [-0.2, -0.15) is 5.10 Å². The molecule has 1 aromatic carbocycles. The van der Waals surface area contributed by atoms with E-state index in [1.54, 1.807) is 17.8 Å². The average molecular weight is 320 g/mol. The number of likely N-dealkylation sites (tertiary alicyclic amines) is 1. The summed E-state index contributed by atoms with van der Waals surface area (Å²) in [7, 11) is 1.79. The van der Waals surface area contributed by atoms with Gasteiger partial charge in [0.15, 0.2) is 0 Å². The van der Waals surface area contributed by atoms with E-state index in [9.17, 15) is 4.79 Å². The van der Waals surface area contributed by atoms with Crippen LogP contribution in [0.25, 0.3) is 0 Å². The highest BCUT2D eigenvalue weighted by molar-refractivity contribution is 6.30. The molecule has 2 aromatic rings. The van der Waals surface area contributed by atoms with Crippen LogP contribution in [0.2, 0.25) is 5.02 Å². The zero-order chi connectivity index (χ0) is 15.7. The van der Waals surface area contributed by atoms with E-state index in [1.165, 1.54) is 0 Å². The number of carbonyl (C=O) groups excluding carboxylic acids is 1. The molecule has 5 nitrogen and oxygen atoms in total. The fraction of sp³-hybridized carbons (Fsp3) is 0.375. The summed E-state index contributed by atoms with van der Waals surface area (Å²) in [6.45, 7) is 3.15. The molecule has 1 fully saturated rings. The Bertz CT molecular complexity index is 698. The van der Waals surface area contributed by atoms with Gasteiger partial charge in [-0.15, -0.1) is 0 Å². The van der Waals surface area contributed by atoms with Gasteiger partial charge in [0.1, 0.15) is 17.5 Å². The third-order valence-electron chi connectivity index (χ3n) is 3.75. The molecule has 0 saturated carbocycles. The van der Waals surface area contributed by atoms with Crippen LogP contribution in [-0.4, -0.2) is 39.8 Å². The second-order valence-corrected chi connectivity index (χ2v) is 5.97. The monoisotopic (exact) mass is 319 g/mol. The Morgan fingerprint density at radius 1 is 1.41 bits per heavy atom. The Balaban J connectivity index is 1.65. The second-order valence-electron chi connectivity index (χ2n) is 5.53. The van der Waals surface area contributed by atoms with Crippen LogP contribution in [0.15, 0.2) is 30.3 Å². The van der Waals surface area contributed by atoms with E-state index in [0.717, 1.165) is 17.9 Å². The van der Waals surface area contributed by atoms with Crippen LogP contribution in [0.1, 0.15) is 22.6 Å². The Kier molecular flexibility index (Phi) is 4.07. The fourth-order valence-electron chi connectivity index (χ4n) is 2.71. The van der Waals surface area contributed by atoms with Crippen molar-refractivity contribution in [3.63, 3.8) is 0 Å². The first kappa shape index (κ1) is 14.9. The molecule has 1 saturated heterocycles. The topological polar surface area (TPSA) is 47.4 Å². The number of ether oxygens (including phenoxy) is 1. The van der Waals surface area contributed by atoms with Crippen LogP contribution < -0.4 is 4.74 Å². The van der Waals surface area contributed by atoms with E-state index in [1.807, 2.05) is 36.1 Å². The molecule has 22 heavy (non-hydrogen) atoms. The van der Waals surface area contributed by atoms with Gasteiger partial charge in [-0.3, -0.25) is 9.48 Å². The van der Waals surface area contributed by atoms with Gasteiger partial charge in [-0.1, -0.05) is 17.7 Å². The molecule has 1 aliphatic heterocycles. The van der Waals surface area contributed by atoms with Gasteiger partial charge in [0.2, 0.25) is 0 Å². The predicted octanol–water partition coefficient (Wildman–Crippen LogP) is 2.68. The first-order valence-corrected chi connectivity index (χ1v) is 7.63. The Morgan fingerprint density at radius 3 is 2.91 bits per heavy atom. The molecule has 0 N–H and O–H groups in total. The van der Waals surface area contributed by atoms with Crippen LogP contribution in [0.3, 0.4) is 0 Å². The maximum Gasteiger partial charge on any atom is 0.272 e. The summed E-state index contributed by atoms with van der Waals surface area (Å²) >= 11 is 5.95. The summed E-state index contributed by atoms with van der Waals surface area (Å²) in [6, 6.07) is 9.14. The maximum absolute atomic E-state index is 12.5. The highest BCUT2D eigenvalue weighted by atomic mass is 35.5. The third kappa shape index (κ3) is 3.09. The quantitative estimate of drug-likeness (QED) is 0.874. The molecular formula is C16H18ClN3O2. The van der Waals surface area contributed by atoms with E-state index in [2.05, 4.69) is 5.10 Å². The van der Waals surface area contributed by atoms with Gasteiger partial charge in [0, 0.05) is 25.0 Å². The summed E-state index contributed by atoms with van der Waals surface area (Å²) in [6.07, 6.45) is 0.812. The molecule has 2 heterocycles. The predicted molar refractivity (Wildman–Crippen MR) is 84.3 cm³/mol. The standard InChI is InChI=1S/C16H18ClN3O2/c1-11-8-15(19(2)18-11)16(21)20-7-6-14(10-20)22-13-5-3-4-12(17)9-13/h3-5,8-9,14H,6-7,10H2,1-2H3/t14-/m0/s1. The number of hydrogen-bond donors (Lipinski definition) is 0. The lowest BCUT2D eigenvalue weighted by atomic mass is 10.3. The second kappa shape index (κ2) is 6.01. The van der Waals surface area contributed by atoms with Gasteiger partial charge in [-0.05, 0) is 31.2 Å². The number of carbonyl (C=O) groups is 1. The highest BCUT2D eigenvalue weighted by Crippen LogP contribution is 2.22. The lowest BCUT2D eigenvalue weighted by molar-refractivity contribution is 0.0761. The summed E-state index contributed by atoms with van der Waals surface area (Å²) in [4.78, 5) is 14.3. The third-order valence-corrected chi connectivity index (χ3v) is 3.99. The van der Waals surface area contributed by atoms with Crippen molar-refractivity contribution in [3.8, 4) is 5.75 Å². The molecule has 6 heteroatoms. The van der Waals surface area contributed by atoms with Crippen LogP contribution in [0, 0.1) is 6.92 Å². The van der Waals surface area contributed by atoms with Crippen LogP contribution in [-0.2, 0) is 7.05 Å². The SMILES string of the molecule is Cc1cc(C(=O)N2CC[C@H](Oc3cccc(Cl)c3)C2)n(C)n1. The summed E-state index contributed by atoms with van der Waals surface area (Å²) in [5, 5.41) is 4.87. The molecule has 0 unspecified atom stereocenters. The highest BCUT2D eigenvalue weighted by Gasteiger charge is 2.29. The molecule has 3 rings (SSSR count). The van der Waals surface area contributed by atoms with E-state index < -0.39 is 0 Å². The number of aromatic nitrogens is 2. The van der Waals surface area contributed by atoms with Crippen molar-refractivity contribution in [2.24, 2.45) is 7.05 Å². The minimum atomic E-state index is -0.00302. The maximum atomic E-state index is 12.5. The molecule has 0 radical (unpaired) electrons. The number of halogens is 1.